The van der Waals surface area contributed by atoms with E-state index in [1.807, 2.05) is 13.8 Å². The highest BCUT2D eigenvalue weighted by atomic mass is 19.1. The minimum Gasteiger partial charge on any atom is -0.344 e. The number of benzene rings is 1. The molecule has 1 unspecified atom stereocenters. The number of nitrogens with zero attached hydrogens (tertiary/aromatic N) is 1. The van der Waals surface area contributed by atoms with Crippen LogP contribution in [0.25, 0.3) is 0 Å². The fraction of sp³-hybridized carbons (Fsp3) is 0.250. The van der Waals surface area contributed by atoms with Gasteiger partial charge in [-0.25, -0.2) is 4.39 Å². The summed E-state index contributed by atoms with van der Waals surface area (Å²) in [5, 5.41) is 2.94. The first-order valence-electron chi connectivity index (χ1n) is 6.55. The Labute approximate surface area is 117 Å². The molecule has 0 radical (unpaired) electrons. The Morgan fingerprint density at radius 1 is 1.15 bits per heavy atom. The van der Waals surface area contributed by atoms with Crippen molar-refractivity contribution in [1.29, 1.82) is 0 Å². The van der Waals surface area contributed by atoms with Gasteiger partial charge in [0.15, 0.2) is 0 Å². The van der Waals surface area contributed by atoms with Gasteiger partial charge in [0.2, 0.25) is 0 Å². The van der Waals surface area contributed by atoms with Gasteiger partial charge >= 0.3 is 0 Å². The lowest BCUT2D eigenvalue weighted by atomic mass is 9.96. The Balaban J connectivity index is 2.18. The summed E-state index contributed by atoms with van der Waals surface area (Å²) in [5.74, 6) is -0.325. The number of pyridine rings is 1. The van der Waals surface area contributed by atoms with Crippen molar-refractivity contribution in [1.82, 2.24) is 10.3 Å². The predicted molar refractivity (Wildman–Crippen MR) is 75.7 cm³/mol. The van der Waals surface area contributed by atoms with Crippen molar-refractivity contribution in [3.63, 3.8) is 0 Å². The van der Waals surface area contributed by atoms with Crippen LogP contribution in [-0.4, -0.2) is 10.9 Å². The Bertz CT molecular complexity index is 567. The van der Waals surface area contributed by atoms with E-state index in [4.69, 9.17) is 0 Å². The van der Waals surface area contributed by atoms with Crippen molar-refractivity contribution in [2.24, 2.45) is 5.92 Å². The Morgan fingerprint density at radius 2 is 1.85 bits per heavy atom. The first-order chi connectivity index (χ1) is 9.58. The SMILES string of the molecule is CC(C)C(NC(=O)c1ccccn1)c1ccc(F)cc1. The lowest BCUT2D eigenvalue weighted by molar-refractivity contribution is 0.0920. The first kappa shape index (κ1) is 14.2. The third-order valence-corrected chi connectivity index (χ3v) is 3.08. The molecular formula is C16H17FN2O. The van der Waals surface area contributed by atoms with Gasteiger partial charge in [-0.05, 0) is 35.7 Å². The maximum atomic E-state index is 13.0. The van der Waals surface area contributed by atoms with Gasteiger partial charge < -0.3 is 5.32 Å². The largest absolute Gasteiger partial charge is 0.344 e. The topological polar surface area (TPSA) is 42.0 Å². The van der Waals surface area contributed by atoms with Crippen LogP contribution in [-0.2, 0) is 0 Å². The molecule has 1 aromatic heterocycles. The molecule has 2 aromatic rings. The molecule has 4 heteroatoms. The molecule has 104 valence electrons. The number of amides is 1. The number of halogens is 1. The summed E-state index contributed by atoms with van der Waals surface area (Å²) in [6.45, 7) is 4.01. The molecule has 1 heterocycles. The van der Waals surface area contributed by atoms with Crippen LogP contribution in [0.15, 0.2) is 48.7 Å². The highest BCUT2D eigenvalue weighted by Gasteiger charge is 2.19. The predicted octanol–water partition coefficient (Wildman–Crippen LogP) is 3.35. The molecule has 3 nitrogen and oxygen atoms in total. The highest BCUT2D eigenvalue weighted by molar-refractivity contribution is 5.92. The second-order valence-electron chi connectivity index (χ2n) is 4.96. The van der Waals surface area contributed by atoms with Gasteiger partial charge in [-0.2, -0.15) is 0 Å². The minimum absolute atomic E-state index is 0.176. The Morgan fingerprint density at radius 3 is 2.40 bits per heavy atom. The number of carbonyl (C=O) groups is 1. The summed E-state index contributed by atoms with van der Waals surface area (Å²) in [7, 11) is 0. The van der Waals surface area contributed by atoms with Crippen molar-refractivity contribution in [3.05, 3.63) is 65.7 Å². The molecule has 0 aliphatic heterocycles. The summed E-state index contributed by atoms with van der Waals surface area (Å²) >= 11 is 0. The highest BCUT2D eigenvalue weighted by Crippen LogP contribution is 2.22. The summed E-state index contributed by atoms with van der Waals surface area (Å²) in [6, 6.07) is 11.2. The van der Waals surface area contributed by atoms with Crippen LogP contribution in [0.3, 0.4) is 0 Å². The second-order valence-corrected chi connectivity index (χ2v) is 4.96. The zero-order valence-electron chi connectivity index (χ0n) is 11.5. The lowest BCUT2D eigenvalue weighted by Crippen LogP contribution is -2.32. The molecule has 1 atom stereocenters. The van der Waals surface area contributed by atoms with Gasteiger partial charge in [0.1, 0.15) is 11.5 Å². The molecule has 1 amide bonds. The number of rotatable bonds is 4. The van der Waals surface area contributed by atoms with Gasteiger partial charge in [0, 0.05) is 6.20 Å². The normalized spacial score (nSPS) is 12.2. The van der Waals surface area contributed by atoms with E-state index in [2.05, 4.69) is 10.3 Å². The summed E-state index contributed by atoms with van der Waals surface area (Å²) in [4.78, 5) is 16.2. The molecule has 0 aliphatic rings. The van der Waals surface area contributed by atoms with Crippen LogP contribution in [0.1, 0.15) is 35.9 Å². The zero-order chi connectivity index (χ0) is 14.5. The van der Waals surface area contributed by atoms with E-state index >= 15 is 0 Å². The maximum absolute atomic E-state index is 13.0. The monoisotopic (exact) mass is 272 g/mol. The van der Waals surface area contributed by atoms with E-state index in [0.29, 0.717) is 5.69 Å². The summed E-state index contributed by atoms with van der Waals surface area (Å²) in [5.41, 5.74) is 1.26. The van der Waals surface area contributed by atoms with Crippen LogP contribution >= 0.6 is 0 Å². The van der Waals surface area contributed by atoms with Gasteiger partial charge in [-0.15, -0.1) is 0 Å². The van der Waals surface area contributed by atoms with Crippen molar-refractivity contribution >= 4 is 5.91 Å². The van der Waals surface area contributed by atoms with Crippen LogP contribution in [0, 0.1) is 11.7 Å². The van der Waals surface area contributed by atoms with Gasteiger partial charge in [-0.3, -0.25) is 9.78 Å². The molecule has 0 bridgehead atoms. The third-order valence-electron chi connectivity index (χ3n) is 3.08. The molecular weight excluding hydrogens is 255 g/mol. The van der Waals surface area contributed by atoms with Crippen molar-refractivity contribution in [2.45, 2.75) is 19.9 Å². The average molecular weight is 272 g/mol. The number of nitrogens with one attached hydrogen (secondary N) is 1. The fourth-order valence-corrected chi connectivity index (χ4v) is 2.02. The smallest absolute Gasteiger partial charge is 0.270 e. The Hall–Kier alpha value is -2.23. The molecule has 0 aliphatic carbocycles. The minimum atomic E-state index is -0.285. The average Bonchev–Trinajstić information content (AvgIpc) is 2.46. The number of hydrogen-bond acceptors (Lipinski definition) is 2. The molecule has 0 fully saturated rings. The van der Waals surface area contributed by atoms with Gasteiger partial charge in [0.05, 0.1) is 6.04 Å². The molecule has 0 spiro atoms. The van der Waals surface area contributed by atoms with Crippen LogP contribution < -0.4 is 5.32 Å². The van der Waals surface area contributed by atoms with E-state index in [0.717, 1.165) is 5.56 Å². The van der Waals surface area contributed by atoms with Crippen LogP contribution in [0.2, 0.25) is 0 Å². The maximum Gasteiger partial charge on any atom is 0.270 e. The molecule has 1 aromatic carbocycles. The van der Waals surface area contributed by atoms with E-state index in [-0.39, 0.29) is 23.7 Å². The quantitative estimate of drug-likeness (QED) is 0.927. The summed E-state index contributed by atoms with van der Waals surface area (Å²) in [6.07, 6.45) is 1.58. The van der Waals surface area contributed by atoms with E-state index in [9.17, 15) is 9.18 Å². The van der Waals surface area contributed by atoms with Crippen molar-refractivity contribution < 1.29 is 9.18 Å². The second kappa shape index (κ2) is 6.28. The van der Waals surface area contributed by atoms with Crippen LogP contribution in [0.5, 0.6) is 0 Å². The number of carbonyl (C=O) groups excluding carboxylic acids is 1. The molecule has 0 saturated heterocycles. The van der Waals surface area contributed by atoms with E-state index < -0.39 is 0 Å². The van der Waals surface area contributed by atoms with Crippen molar-refractivity contribution in [2.75, 3.05) is 0 Å². The van der Waals surface area contributed by atoms with Crippen molar-refractivity contribution in [3.8, 4) is 0 Å². The Kier molecular flexibility index (Phi) is 4.45. The zero-order valence-corrected chi connectivity index (χ0v) is 11.5. The first-order valence-corrected chi connectivity index (χ1v) is 6.55. The van der Waals surface area contributed by atoms with E-state index in [1.165, 1.54) is 12.1 Å². The van der Waals surface area contributed by atoms with E-state index in [1.54, 1.807) is 36.5 Å². The molecule has 0 saturated carbocycles. The number of hydrogen-bond donors (Lipinski definition) is 1. The van der Waals surface area contributed by atoms with Gasteiger partial charge in [-0.1, -0.05) is 32.0 Å². The lowest BCUT2D eigenvalue weighted by Gasteiger charge is -2.22. The molecule has 2 rings (SSSR count). The number of aromatic nitrogens is 1. The fourth-order valence-electron chi connectivity index (χ4n) is 2.02. The molecule has 20 heavy (non-hydrogen) atoms. The summed E-state index contributed by atoms with van der Waals surface area (Å²) < 4.78 is 13.0. The van der Waals surface area contributed by atoms with Crippen LogP contribution in [0.4, 0.5) is 4.39 Å². The third kappa shape index (κ3) is 3.41. The molecule has 1 N–H and O–H groups in total. The standard InChI is InChI=1S/C16H17FN2O/c1-11(2)15(12-6-8-13(17)9-7-12)19-16(20)14-5-3-4-10-18-14/h3-11,15H,1-2H3,(H,19,20). The van der Waals surface area contributed by atoms with Gasteiger partial charge in [0.25, 0.3) is 5.91 Å².